The Hall–Kier alpha value is -2.70. The first-order valence-corrected chi connectivity index (χ1v) is 27.3. The summed E-state index contributed by atoms with van der Waals surface area (Å²) in [5.74, 6) is -11.5. The van der Waals surface area contributed by atoms with Gasteiger partial charge in [0.1, 0.15) is 67.1 Å². The molecule has 28 unspecified atom stereocenters. The summed E-state index contributed by atoms with van der Waals surface area (Å²) in [7, 11) is -10.5. The van der Waals surface area contributed by atoms with E-state index in [1.807, 2.05) is 0 Å². The largest absolute Gasteiger partial charge is 0.479 e. The van der Waals surface area contributed by atoms with Crippen LogP contribution in [0.4, 0.5) is 0 Å². The van der Waals surface area contributed by atoms with Gasteiger partial charge in [-0.15, -0.1) is 0 Å². The van der Waals surface area contributed by atoms with Crippen molar-refractivity contribution in [2.24, 2.45) is 29.6 Å². The second-order valence-electron chi connectivity index (χ2n) is 19.7. The van der Waals surface area contributed by atoms with E-state index in [1.54, 1.807) is 0 Å². The van der Waals surface area contributed by atoms with Crippen LogP contribution in [0, 0.1) is 29.6 Å². The van der Waals surface area contributed by atoms with Crippen molar-refractivity contribution in [2.75, 3.05) is 52.9 Å². The lowest BCUT2D eigenvalue weighted by Crippen LogP contribution is -2.61. The molecule has 0 radical (unpaired) electrons. The third-order valence-electron chi connectivity index (χ3n) is 14.4. The van der Waals surface area contributed by atoms with Gasteiger partial charge in [-0.2, -0.15) is 16.8 Å². The first kappa shape index (κ1) is 66.4. The summed E-state index contributed by atoms with van der Waals surface area (Å²) >= 11 is 0. The minimum Gasteiger partial charge on any atom is -0.479 e. The van der Waals surface area contributed by atoms with Crippen LogP contribution in [0.15, 0.2) is 11.8 Å². The van der Waals surface area contributed by atoms with Crippen molar-refractivity contribution in [1.82, 2.24) is 0 Å². The van der Waals surface area contributed by atoms with Crippen molar-refractivity contribution in [2.45, 2.75) is 155 Å². The number of hydrogen-bond donors (Lipinski definition) is 17. The predicted molar refractivity (Wildman–Crippen MR) is 244 cm³/mol. The number of aliphatic hydroxyl groups excluding tert-OH is 13. The average molecular weight is 1210 g/mol. The van der Waals surface area contributed by atoms with E-state index in [4.69, 9.17) is 52.1 Å². The molecular formula is C42H68O36S2. The van der Waals surface area contributed by atoms with Crippen LogP contribution in [0.5, 0.6) is 0 Å². The van der Waals surface area contributed by atoms with Gasteiger partial charge in [0.05, 0.1) is 89.5 Å². The maximum Gasteiger partial charge on any atom is 0.397 e. The van der Waals surface area contributed by atoms with E-state index >= 15 is 0 Å². The normalized spacial score (nSPS) is 44.9. The first-order chi connectivity index (χ1) is 37.4. The molecule has 5 saturated heterocycles. The third kappa shape index (κ3) is 16.0. The Balaban J connectivity index is 1.16. The highest BCUT2D eigenvalue weighted by molar-refractivity contribution is 7.81. The summed E-state index contributed by atoms with van der Waals surface area (Å²) in [4.78, 5) is 24.4. The maximum atomic E-state index is 12.7. The van der Waals surface area contributed by atoms with Crippen LogP contribution in [0.3, 0.4) is 0 Å². The van der Waals surface area contributed by atoms with E-state index in [0.29, 0.717) is 6.08 Å². The second kappa shape index (κ2) is 28.0. The van der Waals surface area contributed by atoms with Gasteiger partial charge in [-0.05, 0) is 19.9 Å². The summed E-state index contributed by atoms with van der Waals surface area (Å²) in [6.07, 6.45) is -41.5. The molecule has 0 aliphatic carbocycles. The van der Waals surface area contributed by atoms with Gasteiger partial charge in [-0.1, -0.05) is 0 Å². The molecule has 28 atom stereocenters. The zero-order valence-electron chi connectivity index (χ0n) is 42.1. The maximum absolute atomic E-state index is 12.7. The van der Waals surface area contributed by atoms with E-state index in [1.165, 1.54) is 13.8 Å². The van der Waals surface area contributed by atoms with Gasteiger partial charge < -0.3 is 129 Å². The molecule has 36 nitrogen and oxygen atoms in total. The number of carboxylic acids is 2. The van der Waals surface area contributed by atoms with Crippen LogP contribution in [0.1, 0.15) is 13.8 Å². The SMILES string of the molecule is CC1OC(OCC2C(O)C(CO)OC(O)C2COC2OC(C(=O)O)C(COCC3OC(CO)C(O)C(COC4OC(C)C(O)C(OS(=O)(=O)O)C4O)C3COC3OC(C(=O)O)=CC(O)C3O)C(O)C2O)C(O)C(OS(=O)(=O)O)C1O. The zero-order valence-corrected chi connectivity index (χ0v) is 43.7. The number of aliphatic hydroxyl groups is 13. The van der Waals surface area contributed by atoms with Gasteiger partial charge in [0, 0.05) is 29.6 Å². The summed E-state index contributed by atoms with van der Waals surface area (Å²) in [5.41, 5.74) is 0. The summed E-state index contributed by atoms with van der Waals surface area (Å²) < 4.78 is 135. The van der Waals surface area contributed by atoms with Crippen molar-refractivity contribution in [3.63, 3.8) is 0 Å². The number of carboxylic acid groups (broad SMARTS) is 2. The monoisotopic (exact) mass is 1210 g/mol. The zero-order chi connectivity index (χ0) is 59.5. The Labute approximate surface area is 453 Å². The van der Waals surface area contributed by atoms with Gasteiger partial charge in [0.2, 0.25) is 12.0 Å². The van der Waals surface area contributed by atoms with Gasteiger partial charge >= 0.3 is 32.7 Å². The molecule has 0 bridgehead atoms. The molecular weight excluding hydrogens is 1140 g/mol. The summed E-state index contributed by atoms with van der Waals surface area (Å²) in [6.45, 7) is -3.86. The standard InChI is InChI=1S/C42H68O36S2/c1-12-24(46)34(77-79(60,61)62)31(53)41(71-12)68-8-15-14(7-67-39-29(51)19(45)3-20(75-39)36(55)56)23(73-21(4-43)26(15)48)11-66-6-18-28(50)30(52)40(76-33(18)37(57)58)70-10-17-16(27(49)22(5-44)74-38(17)59)9-69-42-32(54)35(78-80(63,64)65)25(47)13(2)72-42/h3,12-19,21-35,38-54,59H,4-11H2,1-2H3,(H,55,56)(H,57,58)(H,60,61,62)(H,63,64,65). The number of hydrogen-bond acceptors (Lipinski definition) is 32. The molecule has 5 fully saturated rings. The van der Waals surface area contributed by atoms with Crippen LogP contribution in [0.2, 0.25) is 0 Å². The Kier molecular flexibility index (Phi) is 23.3. The molecule has 6 heterocycles. The number of rotatable bonds is 24. The first-order valence-electron chi connectivity index (χ1n) is 24.6. The highest BCUT2D eigenvalue weighted by Crippen LogP contribution is 2.38. The van der Waals surface area contributed by atoms with Gasteiger partial charge in [0.15, 0.2) is 31.3 Å². The van der Waals surface area contributed by atoms with Crippen LogP contribution in [-0.4, -0.2) is 309 Å². The lowest BCUT2D eigenvalue weighted by Gasteiger charge is -2.46. The molecule has 80 heavy (non-hydrogen) atoms. The van der Waals surface area contributed by atoms with Crippen molar-refractivity contribution >= 4 is 32.7 Å². The average Bonchev–Trinajstić information content (AvgIpc) is 3.39. The number of carbonyl (C=O) groups is 2. The fourth-order valence-corrected chi connectivity index (χ4v) is 11.0. The Bertz CT molecular complexity index is 2280. The molecule has 0 amide bonds. The van der Waals surface area contributed by atoms with Crippen molar-refractivity contribution in [3.05, 3.63) is 11.8 Å². The quantitative estimate of drug-likeness (QED) is 0.0399. The van der Waals surface area contributed by atoms with E-state index in [-0.39, 0.29) is 0 Å². The van der Waals surface area contributed by atoms with E-state index in [0.717, 1.165) is 0 Å². The molecule has 6 rings (SSSR count). The molecule has 0 aromatic rings. The summed E-state index contributed by atoms with van der Waals surface area (Å²) in [5, 5.41) is 160. The fraction of sp³-hybridized carbons (Fsp3) is 0.905. The van der Waals surface area contributed by atoms with Crippen molar-refractivity contribution in [3.8, 4) is 0 Å². The molecule has 17 N–H and O–H groups in total. The van der Waals surface area contributed by atoms with Crippen molar-refractivity contribution < 1.29 is 173 Å². The Morgan fingerprint density at radius 2 is 0.938 bits per heavy atom. The molecule has 0 aromatic carbocycles. The highest BCUT2D eigenvalue weighted by atomic mass is 32.3. The Morgan fingerprint density at radius 3 is 1.41 bits per heavy atom. The smallest absolute Gasteiger partial charge is 0.397 e. The molecule has 6 aliphatic rings. The number of ether oxygens (including phenoxy) is 11. The van der Waals surface area contributed by atoms with Gasteiger partial charge in [0.25, 0.3) is 0 Å². The second-order valence-corrected chi connectivity index (χ2v) is 21.8. The molecule has 0 saturated carbocycles. The lowest BCUT2D eigenvalue weighted by atomic mass is 9.79. The topological polar surface area (TPSA) is 566 Å². The van der Waals surface area contributed by atoms with Gasteiger partial charge in [-0.25, -0.2) is 18.0 Å². The third-order valence-corrected chi connectivity index (χ3v) is 15.4. The fourth-order valence-electron chi connectivity index (χ4n) is 9.97. The lowest BCUT2D eigenvalue weighted by molar-refractivity contribution is -0.322. The minimum absolute atomic E-state index is 0.677. The molecule has 0 spiro atoms. The van der Waals surface area contributed by atoms with Gasteiger partial charge in [-0.3, -0.25) is 9.11 Å². The number of aliphatic carboxylic acids is 2. The van der Waals surface area contributed by atoms with E-state index < -0.39 is 262 Å². The Morgan fingerprint density at radius 1 is 0.487 bits per heavy atom. The molecule has 0 aromatic heterocycles. The molecule has 6 aliphatic heterocycles. The van der Waals surface area contributed by atoms with Crippen LogP contribution in [-0.2, 0) is 90.9 Å². The van der Waals surface area contributed by atoms with Crippen LogP contribution >= 0.6 is 0 Å². The van der Waals surface area contributed by atoms with Crippen LogP contribution < -0.4 is 0 Å². The minimum atomic E-state index is -5.28. The predicted octanol–water partition coefficient (Wildman–Crippen LogP) is -9.77. The highest BCUT2D eigenvalue weighted by Gasteiger charge is 2.54. The van der Waals surface area contributed by atoms with E-state index in [9.17, 15) is 112 Å². The van der Waals surface area contributed by atoms with Crippen molar-refractivity contribution in [1.29, 1.82) is 0 Å². The van der Waals surface area contributed by atoms with E-state index in [2.05, 4.69) is 8.37 Å². The molecule has 38 heteroatoms. The van der Waals surface area contributed by atoms with Crippen LogP contribution in [0.25, 0.3) is 0 Å². The molecule has 464 valence electrons. The summed E-state index contributed by atoms with van der Waals surface area (Å²) in [6, 6.07) is 0.